The number of hydrogen-bond donors (Lipinski definition) is 2. The molecular formula is C16H19ClN2OS. The van der Waals surface area contributed by atoms with Crippen LogP contribution in [0.1, 0.15) is 42.3 Å². The SMILES string of the molecule is CCC(CC1CC1)NC(=O)c1sc2cccc(Cl)c2c1N. The lowest BCUT2D eigenvalue weighted by atomic mass is 10.1. The van der Waals surface area contributed by atoms with Gasteiger partial charge in [0.15, 0.2) is 0 Å². The number of nitrogens with two attached hydrogens (primary N) is 1. The Morgan fingerprint density at radius 2 is 2.29 bits per heavy atom. The molecule has 1 aromatic carbocycles. The number of fused-ring (bicyclic) bond motifs is 1. The maximum Gasteiger partial charge on any atom is 0.263 e. The maximum atomic E-state index is 12.5. The zero-order chi connectivity index (χ0) is 15.0. The number of carbonyl (C=O) groups is 1. The van der Waals surface area contributed by atoms with E-state index in [0.29, 0.717) is 15.6 Å². The molecule has 1 aliphatic carbocycles. The molecule has 1 heterocycles. The summed E-state index contributed by atoms with van der Waals surface area (Å²) >= 11 is 7.60. The van der Waals surface area contributed by atoms with Crippen molar-refractivity contribution in [3.63, 3.8) is 0 Å². The summed E-state index contributed by atoms with van der Waals surface area (Å²) < 4.78 is 0.959. The van der Waals surface area contributed by atoms with Gasteiger partial charge < -0.3 is 11.1 Å². The van der Waals surface area contributed by atoms with Crippen LogP contribution in [0.2, 0.25) is 5.02 Å². The molecule has 5 heteroatoms. The number of benzene rings is 1. The predicted octanol–water partition coefficient (Wildman–Crippen LogP) is 4.45. The van der Waals surface area contributed by atoms with E-state index in [1.807, 2.05) is 12.1 Å². The molecule has 2 aromatic rings. The number of nitrogens with one attached hydrogen (secondary N) is 1. The maximum absolute atomic E-state index is 12.5. The molecule has 1 aliphatic rings. The fraction of sp³-hybridized carbons (Fsp3) is 0.438. The van der Waals surface area contributed by atoms with Gasteiger partial charge in [0.2, 0.25) is 0 Å². The van der Waals surface area contributed by atoms with Gasteiger partial charge in [0, 0.05) is 16.1 Å². The minimum Gasteiger partial charge on any atom is -0.397 e. The summed E-state index contributed by atoms with van der Waals surface area (Å²) in [5.74, 6) is 0.724. The largest absolute Gasteiger partial charge is 0.397 e. The first-order chi connectivity index (χ1) is 10.1. The molecule has 1 unspecified atom stereocenters. The molecule has 1 aromatic heterocycles. The molecule has 1 saturated carbocycles. The Kier molecular flexibility index (Phi) is 4.09. The van der Waals surface area contributed by atoms with Crippen molar-refractivity contribution in [1.29, 1.82) is 0 Å². The molecule has 3 nitrogen and oxygen atoms in total. The second kappa shape index (κ2) is 5.85. The summed E-state index contributed by atoms with van der Waals surface area (Å²) in [6.07, 6.45) is 4.63. The average molecular weight is 323 g/mol. The topological polar surface area (TPSA) is 55.1 Å². The molecule has 3 N–H and O–H groups in total. The number of hydrogen-bond acceptors (Lipinski definition) is 3. The van der Waals surface area contributed by atoms with E-state index >= 15 is 0 Å². The lowest BCUT2D eigenvalue weighted by Gasteiger charge is -2.16. The van der Waals surface area contributed by atoms with Crippen LogP contribution in [0.15, 0.2) is 18.2 Å². The van der Waals surface area contributed by atoms with Crippen LogP contribution in [0.5, 0.6) is 0 Å². The van der Waals surface area contributed by atoms with Crippen LogP contribution < -0.4 is 11.1 Å². The van der Waals surface area contributed by atoms with E-state index in [1.165, 1.54) is 24.2 Å². The van der Waals surface area contributed by atoms with Crippen LogP contribution in [-0.4, -0.2) is 11.9 Å². The molecule has 0 spiro atoms. The minimum absolute atomic E-state index is 0.0720. The van der Waals surface area contributed by atoms with Crippen molar-refractivity contribution >= 4 is 44.6 Å². The van der Waals surface area contributed by atoms with Gasteiger partial charge in [0.05, 0.1) is 10.7 Å². The molecule has 0 radical (unpaired) electrons. The van der Waals surface area contributed by atoms with E-state index in [-0.39, 0.29) is 11.9 Å². The van der Waals surface area contributed by atoms with Crippen molar-refractivity contribution in [1.82, 2.24) is 5.32 Å². The van der Waals surface area contributed by atoms with Gasteiger partial charge in [-0.1, -0.05) is 37.4 Å². The Bertz CT molecular complexity index is 678. The van der Waals surface area contributed by atoms with E-state index in [4.69, 9.17) is 17.3 Å². The number of thiophene rings is 1. The Balaban J connectivity index is 1.83. The highest BCUT2D eigenvalue weighted by atomic mass is 35.5. The lowest BCUT2D eigenvalue weighted by molar-refractivity contribution is 0.0937. The zero-order valence-corrected chi connectivity index (χ0v) is 13.6. The van der Waals surface area contributed by atoms with E-state index in [2.05, 4.69) is 12.2 Å². The second-order valence-electron chi connectivity index (χ2n) is 5.72. The molecular weight excluding hydrogens is 304 g/mol. The standard InChI is InChI=1S/C16H19ClN2OS/c1-2-10(8-9-6-7-9)19-16(20)15-14(18)13-11(17)4-3-5-12(13)21-15/h3-5,9-10H,2,6-8,18H2,1H3,(H,19,20). The summed E-state index contributed by atoms with van der Waals surface area (Å²) in [5.41, 5.74) is 6.64. The molecule has 0 saturated heterocycles. The van der Waals surface area contributed by atoms with Gasteiger partial charge in [-0.3, -0.25) is 4.79 Å². The van der Waals surface area contributed by atoms with E-state index in [0.717, 1.165) is 28.8 Å². The first-order valence-corrected chi connectivity index (χ1v) is 8.57. The zero-order valence-electron chi connectivity index (χ0n) is 12.0. The molecule has 1 amide bonds. The van der Waals surface area contributed by atoms with Gasteiger partial charge in [-0.25, -0.2) is 0 Å². The minimum atomic E-state index is -0.0720. The third-order valence-corrected chi connectivity index (χ3v) is 5.53. The van der Waals surface area contributed by atoms with Crippen LogP contribution in [0.25, 0.3) is 10.1 Å². The van der Waals surface area contributed by atoms with Crippen LogP contribution in [0.4, 0.5) is 5.69 Å². The summed E-state index contributed by atoms with van der Waals surface area (Å²) in [4.78, 5) is 13.1. The number of amides is 1. The molecule has 112 valence electrons. The number of halogens is 1. The number of rotatable bonds is 5. The summed E-state index contributed by atoms with van der Waals surface area (Å²) in [7, 11) is 0. The normalized spacial score (nSPS) is 16.1. The van der Waals surface area contributed by atoms with Crippen LogP contribution in [0, 0.1) is 5.92 Å². The molecule has 1 atom stereocenters. The van der Waals surface area contributed by atoms with Crippen LogP contribution in [-0.2, 0) is 0 Å². The summed E-state index contributed by atoms with van der Waals surface area (Å²) in [6, 6.07) is 5.87. The van der Waals surface area contributed by atoms with Crippen molar-refractivity contribution in [2.45, 2.75) is 38.6 Å². The predicted molar refractivity (Wildman–Crippen MR) is 90.1 cm³/mol. The molecule has 0 bridgehead atoms. The molecule has 1 fully saturated rings. The highest BCUT2D eigenvalue weighted by Crippen LogP contribution is 2.38. The molecule has 21 heavy (non-hydrogen) atoms. The van der Waals surface area contributed by atoms with Gasteiger partial charge in [-0.05, 0) is 30.9 Å². The van der Waals surface area contributed by atoms with Crippen molar-refractivity contribution in [2.75, 3.05) is 5.73 Å². The van der Waals surface area contributed by atoms with E-state index in [1.54, 1.807) is 6.07 Å². The van der Waals surface area contributed by atoms with Crippen molar-refractivity contribution in [3.8, 4) is 0 Å². The van der Waals surface area contributed by atoms with Gasteiger partial charge >= 0.3 is 0 Å². The van der Waals surface area contributed by atoms with Gasteiger partial charge in [-0.15, -0.1) is 11.3 Å². The van der Waals surface area contributed by atoms with Crippen LogP contribution in [0.3, 0.4) is 0 Å². The monoisotopic (exact) mass is 322 g/mol. The van der Waals surface area contributed by atoms with Crippen molar-refractivity contribution in [3.05, 3.63) is 28.1 Å². The number of carbonyl (C=O) groups excluding carboxylic acids is 1. The number of anilines is 1. The smallest absolute Gasteiger partial charge is 0.263 e. The third-order valence-electron chi connectivity index (χ3n) is 4.05. The number of nitrogen functional groups attached to an aromatic ring is 1. The van der Waals surface area contributed by atoms with Crippen molar-refractivity contribution in [2.24, 2.45) is 5.92 Å². The molecule has 3 rings (SSSR count). The van der Waals surface area contributed by atoms with E-state index in [9.17, 15) is 4.79 Å². The Labute approximate surface area is 133 Å². The highest BCUT2D eigenvalue weighted by molar-refractivity contribution is 7.21. The van der Waals surface area contributed by atoms with Gasteiger partial charge in [-0.2, -0.15) is 0 Å². The van der Waals surface area contributed by atoms with Crippen LogP contribution >= 0.6 is 22.9 Å². The Hall–Kier alpha value is -1.26. The fourth-order valence-corrected chi connectivity index (χ4v) is 4.02. The second-order valence-corrected chi connectivity index (χ2v) is 7.17. The Morgan fingerprint density at radius 3 is 2.90 bits per heavy atom. The quantitative estimate of drug-likeness (QED) is 0.854. The lowest BCUT2D eigenvalue weighted by Crippen LogP contribution is -2.34. The Morgan fingerprint density at radius 1 is 1.52 bits per heavy atom. The third kappa shape index (κ3) is 3.01. The first kappa shape index (κ1) is 14.7. The average Bonchev–Trinajstić information content (AvgIpc) is 3.20. The summed E-state index contributed by atoms with van der Waals surface area (Å²) in [6.45, 7) is 2.11. The summed E-state index contributed by atoms with van der Waals surface area (Å²) in [5, 5.41) is 4.52. The van der Waals surface area contributed by atoms with Gasteiger partial charge in [0.1, 0.15) is 4.88 Å². The first-order valence-electron chi connectivity index (χ1n) is 7.37. The fourth-order valence-electron chi connectivity index (χ4n) is 2.63. The van der Waals surface area contributed by atoms with Gasteiger partial charge in [0.25, 0.3) is 5.91 Å². The van der Waals surface area contributed by atoms with Crippen molar-refractivity contribution < 1.29 is 4.79 Å². The van der Waals surface area contributed by atoms with E-state index < -0.39 is 0 Å². The highest BCUT2D eigenvalue weighted by Gasteiger charge is 2.26. The molecule has 0 aliphatic heterocycles.